The Balaban J connectivity index is 2.48. The predicted octanol–water partition coefficient (Wildman–Crippen LogP) is 2.41. The minimum atomic E-state index is -1.16. The van der Waals surface area contributed by atoms with E-state index in [0.717, 1.165) is 0 Å². The third-order valence-corrected chi connectivity index (χ3v) is 1.38. The van der Waals surface area contributed by atoms with Crippen molar-refractivity contribution < 1.29 is 17.9 Å². The summed E-state index contributed by atoms with van der Waals surface area (Å²) in [5, 5.41) is 0. The Morgan fingerprint density at radius 3 is 2.45 bits per heavy atom. The highest BCUT2D eigenvalue weighted by atomic mass is 19.2. The zero-order valence-corrected chi connectivity index (χ0v) is 5.69. The standard InChI is InChI=1S/C7H7F3O/c8-2-5(7(10)3-9)1-6-4-11-6/h2-3,6H,1,4H2/b5-2+,7-3-. The van der Waals surface area contributed by atoms with Crippen molar-refractivity contribution in [1.29, 1.82) is 0 Å². The topological polar surface area (TPSA) is 12.5 Å². The van der Waals surface area contributed by atoms with Gasteiger partial charge in [-0.3, -0.25) is 0 Å². The number of hydrogen-bond acceptors (Lipinski definition) is 1. The average molecular weight is 164 g/mol. The third kappa shape index (κ3) is 2.38. The van der Waals surface area contributed by atoms with Gasteiger partial charge < -0.3 is 4.74 Å². The van der Waals surface area contributed by atoms with Crippen LogP contribution in [0.5, 0.6) is 0 Å². The second-order valence-corrected chi connectivity index (χ2v) is 2.25. The molecule has 1 aliphatic rings. The van der Waals surface area contributed by atoms with E-state index < -0.39 is 5.83 Å². The molecule has 0 aromatic rings. The number of rotatable bonds is 3. The molecule has 1 unspecified atom stereocenters. The van der Waals surface area contributed by atoms with Crippen LogP contribution in [0, 0.1) is 0 Å². The lowest BCUT2D eigenvalue weighted by Crippen LogP contribution is -1.90. The van der Waals surface area contributed by atoms with Crippen LogP contribution in [0.1, 0.15) is 6.42 Å². The van der Waals surface area contributed by atoms with E-state index in [0.29, 0.717) is 6.61 Å². The highest BCUT2D eigenvalue weighted by molar-refractivity contribution is 5.23. The summed E-state index contributed by atoms with van der Waals surface area (Å²) >= 11 is 0. The average Bonchev–Trinajstić information content (AvgIpc) is 2.82. The molecule has 1 fully saturated rings. The maximum atomic E-state index is 12.3. The van der Waals surface area contributed by atoms with Gasteiger partial charge in [0.25, 0.3) is 0 Å². The molecule has 0 bridgehead atoms. The molecule has 0 aromatic heterocycles. The van der Waals surface area contributed by atoms with Crippen LogP contribution < -0.4 is 0 Å². The van der Waals surface area contributed by atoms with Gasteiger partial charge in [-0.25, -0.2) is 13.2 Å². The molecule has 1 atom stereocenters. The van der Waals surface area contributed by atoms with E-state index in [-0.39, 0.29) is 30.8 Å². The zero-order valence-electron chi connectivity index (χ0n) is 5.69. The lowest BCUT2D eigenvalue weighted by Gasteiger charge is -1.96. The first-order chi connectivity index (χ1) is 5.27. The Morgan fingerprint density at radius 2 is 2.09 bits per heavy atom. The SMILES string of the molecule is F/C=C(F)/C(=C/F)CC1CO1. The molecule has 0 aliphatic carbocycles. The molecule has 0 N–H and O–H groups in total. The van der Waals surface area contributed by atoms with E-state index in [4.69, 9.17) is 4.74 Å². The fourth-order valence-electron chi connectivity index (χ4n) is 0.695. The number of hydrogen-bond donors (Lipinski definition) is 0. The second-order valence-electron chi connectivity index (χ2n) is 2.25. The van der Waals surface area contributed by atoms with Crippen LogP contribution in [0.15, 0.2) is 24.1 Å². The molecule has 1 rings (SSSR count). The molecule has 1 heterocycles. The van der Waals surface area contributed by atoms with Gasteiger partial charge in [-0.1, -0.05) is 0 Å². The second kappa shape index (κ2) is 3.57. The van der Waals surface area contributed by atoms with Crippen LogP contribution >= 0.6 is 0 Å². The summed E-state index contributed by atoms with van der Waals surface area (Å²) in [6.45, 7) is 0.497. The maximum Gasteiger partial charge on any atom is 0.156 e. The molecule has 0 radical (unpaired) electrons. The quantitative estimate of drug-likeness (QED) is 0.461. The highest BCUT2D eigenvalue weighted by Crippen LogP contribution is 2.24. The minimum Gasteiger partial charge on any atom is -0.373 e. The van der Waals surface area contributed by atoms with Crippen molar-refractivity contribution in [3.05, 3.63) is 24.1 Å². The monoisotopic (exact) mass is 164 g/mol. The fraction of sp³-hybridized carbons (Fsp3) is 0.429. The van der Waals surface area contributed by atoms with Gasteiger partial charge in [-0.2, -0.15) is 0 Å². The van der Waals surface area contributed by atoms with Gasteiger partial charge in [0.15, 0.2) is 5.83 Å². The summed E-state index contributed by atoms with van der Waals surface area (Å²) in [5.74, 6) is -1.16. The molecule has 0 aromatic carbocycles. The summed E-state index contributed by atoms with van der Waals surface area (Å²) < 4.78 is 40.3. The van der Waals surface area contributed by atoms with Crippen molar-refractivity contribution in [3.8, 4) is 0 Å². The Hall–Kier alpha value is -0.770. The van der Waals surface area contributed by atoms with Crippen LogP contribution in [0.25, 0.3) is 0 Å². The van der Waals surface area contributed by atoms with Crippen LogP contribution in [-0.2, 0) is 4.74 Å². The van der Waals surface area contributed by atoms with E-state index in [1.807, 2.05) is 0 Å². The molecular weight excluding hydrogens is 157 g/mol. The van der Waals surface area contributed by atoms with Crippen molar-refractivity contribution >= 4 is 0 Å². The lowest BCUT2D eigenvalue weighted by molar-refractivity contribution is 0.403. The fourth-order valence-corrected chi connectivity index (χ4v) is 0.695. The van der Waals surface area contributed by atoms with E-state index in [1.54, 1.807) is 0 Å². The van der Waals surface area contributed by atoms with E-state index in [9.17, 15) is 13.2 Å². The van der Waals surface area contributed by atoms with Crippen molar-refractivity contribution in [2.75, 3.05) is 6.61 Å². The van der Waals surface area contributed by atoms with E-state index in [1.165, 1.54) is 0 Å². The summed E-state index contributed by atoms with van der Waals surface area (Å²) in [4.78, 5) is 0. The molecule has 11 heavy (non-hydrogen) atoms. The summed E-state index contributed by atoms with van der Waals surface area (Å²) in [6, 6.07) is 0. The molecule has 0 spiro atoms. The van der Waals surface area contributed by atoms with E-state index >= 15 is 0 Å². The first kappa shape index (κ1) is 8.33. The number of epoxide rings is 1. The van der Waals surface area contributed by atoms with Crippen LogP contribution in [-0.4, -0.2) is 12.7 Å². The Morgan fingerprint density at radius 1 is 1.45 bits per heavy atom. The normalized spacial score (nSPS) is 25.5. The Bertz CT molecular complexity index is 194. The molecule has 1 nitrogen and oxygen atoms in total. The Kier molecular flexibility index (Phi) is 2.70. The smallest absolute Gasteiger partial charge is 0.156 e. The van der Waals surface area contributed by atoms with Gasteiger partial charge in [-0.05, 0) is 0 Å². The van der Waals surface area contributed by atoms with Crippen molar-refractivity contribution in [1.82, 2.24) is 0 Å². The van der Waals surface area contributed by atoms with Gasteiger partial charge in [0.1, 0.15) is 6.33 Å². The van der Waals surface area contributed by atoms with Crippen molar-refractivity contribution in [3.63, 3.8) is 0 Å². The molecule has 1 saturated heterocycles. The highest BCUT2D eigenvalue weighted by Gasteiger charge is 2.25. The first-order valence-corrected chi connectivity index (χ1v) is 3.15. The zero-order chi connectivity index (χ0) is 8.27. The van der Waals surface area contributed by atoms with Gasteiger partial charge in [-0.15, -0.1) is 0 Å². The maximum absolute atomic E-state index is 12.3. The lowest BCUT2D eigenvalue weighted by atomic mass is 10.1. The summed E-state index contributed by atoms with van der Waals surface area (Å²) in [7, 11) is 0. The number of halogens is 3. The summed E-state index contributed by atoms with van der Waals surface area (Å²) in [5.41, 5.74) is -0.282. The van der Waals surface area contributed by atoms with Gasteiger partial charge in [0, 0.05) is 12.0 Å². The van der Waals surface area contributed by atoms with Crippen LogP contribution in [0.2, 0.25) is 0 Å². The molecule has 62 valence electrons. The molecule has 1 aliphatic heterocycles. The van der Waals surface area contributed by atoms with Crippen molar-refractivity contribution in [2.24, 2.45) is 0 Å². The molecule has 0 amide bonds. The largest absolute Gasteiger partial charge is 0.373 e. The Labute approximate surface area is 62.2 Å². The minimum absolute atomic E-state index is 0.0626. The number of allylic oxidation sites excluding steroid dienone is 1. The predicted molar refractivity (Wildman–Crippen MR) is 33.8 cm³/mol. The molecule has 0 saturated carbocycles. The van der Waals surface area contributed by atoms with Gasteiger partial charge in [0.2, 0.25) is 0 Å². The first-order valence-electron chi connectivity index (χ1n) is 3.15. The summed E-state index contributed by atoms with van der Waals surface area (Å²) in [6.07, 6.45) is -0.230. The van der Waals surface area contributed by atoms with Crippen LogP contribution in [0.3, 0.4) is 0 Å². The van der Waals surface area contributed by atoms with Crippen LogP contribution in [0.4, 0.5) is 13.2 Å². The van der Waals surface area contributed by atoms with Gasteiger partial charge in [0.05, 0.1) is 19.0 Å². The van der Waals surface area contributed by atoms with E-state index in [2.05, 4.69) is 0 Å². The molecular formula is C7H7F3O. The number of ether oxygens (including phenoxy) is 1. The van der Waals surface area contributed by atoms with Gasteiger partial charge >= 0.3 is 0 Å². The van der Waals surface area contributed by atoms with Crippen molar-refractivity contribution in [2.45, 2.75) is 12.5 Å². The molecule has 4 heteroatoms. The third-order valence-electron chi connectivity index (χ3n) is 1.38.